The molecular formula is C15H20N4O. The fourth-order valence-electron chi connectivity index (χ4n) is 2.75. The second-order valence-electron chi connectivity index (χ2n) is 5.41. The Hall–Kier alpha value is -1.75. The molecule has 3 rings (SSSR count). The van der Waals surface area contributed by atoms with Crippen molar-refractivity contribution in [3.8, 4) is 11.4 Å². The van der Waals surface area contributed by atoms with Crippen LogP contribution in [0.25, 0.3) is 11.4 Å². The molecule has 1 aliphatic rings. The first kappa shape index (κ1) is 13.2. The van der Waals surface area contributed by atoms with E-state index in [1.54, 1.807) is 12.4 Å². The van der Waals surface area contributed by atoms with E-state index >= 15 is 0 Å². The highest BCUT2D eigenvalue weighted by molar-refractivity contribution is 5.51. The van der Waals surface area contributed by atoms with Crippen molar-refractivity contribution in [2.75, 3.05) is 13.1 Å². The predicted molar refractivity (Wildman–Crippen MR) is 75.8 cm³/mol. The number of aromatic nitrogens is 3. The molecule has 0 N–H and O–H groups in total. The molecule has 20 heavy (non-hydrogen) atoms. The predicted octanol–water partition coefficient (Wildman–Crippen LogP) is 2.75. The van der Waals surface area contributed by atoms with E-state index in [0.29, 0.717) is 11.7 Å². The van der Waals surface area contributed by atoms with E-state index < -0.39 is 0 Å². The SMILES string of the molecule is CC[C@@H]1CCCN(Cc2nc(-c3cccnc3)no2)C1. The van der Waals surface area contributed by atoms with E-state index in [2.05, 4.69) is 26.9 Å². The van der Waals surface area contributed by atoms with Gasteiger partial charge in [-0.25, -0.2) is 0 Å². The van der Waals surface area contributed by atoms with Crippen molar-refractivity contribution in [3.63, 3.8) is 0 Å². The standard InChI is InChI=1S/C15H20N4O/c1-2-12-5-4-8-19(10-12)11-14-17-15(18-20-14)13-6-3-7-16-9-13/h3,6-7,9,12H,2,4-5,8,10-11H2,1H3/t12-/m1/s1. The molecule has 0 amide bonds. The maximum Gasteiger partial charge on any atom is 0.241 e. The zero-order chi connectivity index (χ0) is 13.8. The number of piperidine rings is 1. The van der Waals surface area contributed by atoms with Gasteiger partial charge in [-0.2, -0.15) is 4.98 Å². The third-order valence-corrected chi connectivity index (χ3v) is 3.93. The summed E-state index contributed by atoms with van der Waals surface area (Å²) in [6, 6.07) is 3.82. The summed E-state index contributed by atoms with van der Waals surface area (Å²) in [7, 11) is 0. The minimum Gasteiger partial charge on any atom is -0.338 e. The second kappa shape index (κ2) is 6.13. The van der Waals surface area contributed by atoms with Crippen molar-refractivity contribution in [2.24, 2.45) is 5.92 Å². The summed E-state index contributed by atoms with van der Waals surface area (Å²) < 4.78 is 5.36. The zero-order valence-electron chi connectivity index (χ0n) is 11.8. The Morgan fingerprint density at radius 1 is 1.45 bits per heavy atom. The summed E-state index contributed by atoms with van der Waals surface area (Å²) >= 11 is 0. The number of hydrogen-bond acceptors (Lipinski definition) is 5. The van der Waals surface area contributed by atoms with Crippen LogP contribution >= 0.6 is 0 Å². The highest BCUT2D eigenvalue weighted by Crippen LogP contribution is 2.21. The van der Waals surface area contributed by atoms with Gasteiger partial charge < -0.3 is 4.52 Å². The number of hydrogen-bond donors (Lipinski definition) is 0. The molecule has 1 saturated heterocycles. The molecule has 1 aliphatic heterocycles. The highest BCUT2D eigenvalue weighted by atomic mass is 16.5. The van der Waals surface area contributed by atoms with Gasteiger partial charge in [0.2, 0.25) is 11.7 Å². The molecule has 5 nitrogen and oxygen atoms in total. The van der Waals surface area contributed by atoms with Crippen LogP contribution in [0.4, 0.5) is 0 Å². The van der Waals surface area contributed by atoms with E-state index in [-0.39, 0.29) is 0 Å². The Kier molecular flexibility index (Phi) is 4.06. The molecule has 1 atom stereocenters. The Morgan fingerprint density at radius 3 is 3.20 bits per heavy atom. The van der Waals surface area contributed by atoms with Crippen molar-refractivity contribution in [2.45, 2.75) is 32.7 Å². The monoisotopic (exact) mass is 272 g/mol. The molecule has 2 aromatic rings. The number of nitrogens with zero attached hydrogens (tertiary/aromatic N) is 4. The van der Waals surface area contributed by atoms with Crippen LogP contribution in [0.5, 0.6) is 0 Å². The normalized spacial score (nSPS) is 20.1. The summed E-state index contributed by atoms with van der Waals surface area (Å²) in [5, 5.41) is 4.04. The van der Waals surface area contributed by atoms with Gasteiger partial charge in [-0.1, -0.05) is 18.5 Å². The summed E-state index contributed by atoms with van der Waals surface area (Å²) in [6.07, 6.45) is 7.35. The van der Waals surface area contributed by atoms with Crippen LogP contribution in [-0.4, -0.2) is 33.1 Å². The third kappa shape index (κ3) is 3.04. The lowest BCUT2D eigenvalue weighted by Crippen LogP contribution is -2.34. The van der Waals surface area contributed by atoms with Gasteiger partial charge >= 0.3 is 0 Å². The minimum absolute atomic E-state index is 0.622. The van der Waals surface area contributed by atoms with Crippen molar-refractivity contribution >= 4 is 0 Å². The van der Waals surface area contributed by atoms with Crippen LogP contribution in [0.15, 0.2) is 29.0 Å². The molecule has 1 fully saturated rings. The molecule has 0 spiro atoms. The van der Waals surface area contributed by atoms with Crippen molar-refractivity contribution in [3.05, 3.63) is 30.4 Å². The topological polar surface area (TPSA) is 55.1 Å². The van der Waals surface area contributed by atoms with Gasteiger partial charge in [0.05, 0.1) is 6.54 Å². The molecule has 3 heterocycles. The van der Waals surface area contributed by atoms with Gasteiger partial charge in [0.1, 0.15) is 0 Å². The van der Waals surface area contributed by atoms with Crippen LogP contribution in [0.2, 0.25) is 0 Å². The first-order valence-corrected chi connectivity index (χ1v) is 7.30. The van der Waals surface area contributed by atoms with Crippen LogP contribution in [0, 0.1) is 5.92 Å². The van der Waals surface area contributed by atoms with Crippen LogP contribution in [-0.2, 0) is 6.54 Å². The minimum atomic E-state index is 0.622. The summed E-state index contributed by atoms with van der Waals surface area (Å²) in [6.45, 7) is 5.29. The molecule has 5 heteroatoms. The van der Waals surface area contributed by atoms with E-state index in [1.807, 2.05) is 12.1 Å². The Bertz CT molecular complexity index is 540. The maximum absolute atomic E-state index is 5.36. The Balaban J connectivity index is 1.65. The molecular weight excluding hydrogens is 252 g/mol. The fraction of sp³-hybridized carbons (Fsp3) is 0.533. The van der Waals surface area contributed by atoms with Crippen molar-refractivity contribution in [1.82, 2.24) is 20.0 Å². The molecule has 0 bridgehead atoms. The van der Waals surface area contributed by atoms with Gasteiger partial charge in [0.25, 0.3) is 0 Å². The van der Waals surface area contributed by atoms with E-state index in [4.69, 9.17) is 4.52 Å². The summed E-state index contributed by atoms with van der Waals surface area (Å²) in [5.74, 6) is 2.13. The molecule has 0 unspecified atom stereocenters. The van der Waals surface area contributed by atoms with Gasteiger partial charge in [0, 0.05) is 24.5 Å². The van der Waals surface area contributed by atoms with Gasteiger partial charge in [-0.05, 0) is 37.4 Å². The van der Waals surface area contributed by atoms with Crippen LogP contribution in [0.3, 0.4) is 0 Å². The third-order valence-electron chi connectivity index (χ3n) is 3.93. The molecule has 0 radical (unpaired) electrons. The zero-order valence-corrected chi connectivity index (χ0v) is 11.8. The van der Waals surface area contributed by atoms with Crippen molar-refractivity contribution in [1.29, 1.82) is 0 Å². The van der Waals surface area contributed by atoms with E-state index in [0.717, 1.165) is 31.1 Å². The Morgan fingerprint density at radius 2 is 2.40 bits per heavy atom. The summed E-state index contributed by atoms with van der Waals surface area (Å²) in [4.78, 5) is 11.0. The first-order valence-electron chi connectivity index (χ1n) is 7.30. The van der Waals surface area contributed by atoms with Crippen LogP contribution in [0.1, 0.15) is 32.1 Å². The average molecular weight is 272 g/mol. The first-order chi connectivity index (χ1) is 9.85. The molecule has 0 aromatic carbocycles. The van der Waals surface area contributed by atoms with Gasteiger partial charge in [0.15, 0.2) is 0 Å². The Labute approximate surface area is 119 Å². The second-order valence-corrected chi connectivity index (χ2v) is 5.41. The molecule has 0 saturated carbocycles. The lowest BCUT2D eigenvalue weighted by Gasteiger charge is -2.30. The molecule has 2 aromatic heterocycles. The van der Waals surface area contributed by atoms with Crippen LogP contribution < -0.4 is 0 Å². The van der Waals surface area contributed by atoms with Gasteiger partial charge in [-0.15, -0.1) is 0 Å². The fourth-order valence-corrected chi connectivity index (χ4v) is 2.75. The quantitative estimate of drug-likeness (QED) is 0.856. The maximum atomic E-state index is 5.36. The van der Waals surface area contributed by atoms with E-state index in [9.17, 15) is 0 Å². The average Bonchev–Trinajstić information content (AvgIpc) is 2.97. The lowest BCUT2D eigenvalue weighted by molar-refractivity contribution is 0.148. The molecule has 0 aliphatic carbocycles. The molecule has 106 valence electrons. The summed E-state index contributed by atoms with van der Waals surface area (Å²) in [5.41, 5.74) is 0.896. The largest absolute Gasteiger partial charge is 0.338 e. The lowest BCUT2D eigenvalue weighted by atomic mass is 9.96. The van der Waals surface area contributed by atoms with Gasteiger partial charge in [-0.3, -0.25) is 9.88 Å². The van der Waals surface area contributed by atoms with E-state index in [1.165, 1.54) is 19.3 Å². The number of pyridine rings is 1. The number of rotatable bonds is 4. The van der Waals surface area contributed by atoms with Crippen molar-refractivity contribution < 1.29 is 4.52 Å². The number of likely N-dealkylation sites (tertiary alicyclic amines) is 1. The highest BCUT2D eigenvalue weighted by Gasteiger charge is 2.20. The smallest absolute Gasteiger partial charge is 0.241 e.